The molecule has 5 rings (SSSR count). The normalized spacial score (nSPS) is 14.4. The zero-order valence-electron chi connectivity index (χ0n) is 21.9. The SMILES string of the molecule is COc1cc2c(cc1OC)[C@H](c1ccccc1)N(C(=O)COC(=O)CNC(=O)c1sc3ccccc3c1Cl)CC2. The van der Waals surface area contributed by atoms with E-state index < -0.39 is 31.1 Å². The lowest BCUT2D eigenvalue weighted by atomic mass is 9.87. The van der Waals surface area contributed by atoms with Crippen molar-refractivity contribution in [3.63, 3.8) is 0 Å². The summed E-state index contributed by atoms with van der Waals surface area (Å²) in [6.07, 6.45) is 0.602. The molecule has 10 heteroatoms. The minimum absolute atomic E-state index is 0.316. The predicted octanol–water partition coefficient (Wildman–Crippen LogP) is 5.02. The van der Waals surface area contributed by atoms with Gasteiger partial charge in [-0.3, -0.25) is 14.4 Å². The fraction of sp³-hybridized carbons (Fsp3) is 0.233. The van der Waals surface area contributed by atoms with E-state index in [1.165, 1.54) is 11.3 Å². The monoisotopic (exact) mass is 578 g/mol. The fourth-order valence-corrected chi connectivity index (χ4v) is 6.31. The quantitative estimate of drug-likeness (QED) is 0.295. The average Bonchev–Trinajstić information content (AvgIpc) is 3.33. The standard InChI is InChI=1S/C30H27ClN2O6S/c1-37-22-14-19-12-13-33(28(18-8-4-3-5-9-18)21(19)15-23(22)38-2)25(34)17-39-26(35)16-32-30(36)29-27(31)20-10-6-7-11-24(20)40-29/h3-11,14-15,28H,12-13,16-17H2,1-2H3,(H,32,36)/t28-/m0/s1. The van der Waals surface area contributed by atoms with Gasteiger partial charge in [-0.15, -0.1) is 11.3 Å². The third-order valence-electron chi connectivity index (χ3n) is 6.80. The number of carbonyl (C=O) groups excluding carboxylic acids is 3. The van der Waals surface area contributed by atoms with Gasteiger partial charge in [0.05, 0.1) is 25.3 Å². The number of nitrogens with one attached hydrogen (secondary N) is 1. The molecule has 0 unspecified atom stereocenters. The Morgan fingerprint density at radius 2 is 1.70 bits per heavy atom. The highest BCUT2D eigenvalue weighted by atomic mass is 35.5. The van der Waals surface area contributed by atoms with Crippen molar-refractivity contribution in [1.29, 1.82) is 0 Å². The summed E-state index contributed by atoms with van der Waals surface area (Å²) >= 11 is 7.60. The Balaban J connectivity index is 1.26. The van der Waals surface area contributed by atoms with Gasteiger partial charge in [-0.1, -0.05) is 60.1 Å². The van der Waals surface area contributed by atoms with Gasteiger partial charge < -0.3 is 24.4 Å². The number of rotatable bonds is 8. The first-order valence-electron chi connectivity index (χ1n) is 12.6. The first-order valence-corrected chi connectivity index (χ1v) is 13.8. The van der Waals surface area contributed by atoms with Crippen LogP contribution >= 0.6 is 22.9 Å². The molecule has 8 nitrogen and oxygen atoms in total. The third kappa shape index (κ3) is 5.48. The molecule has 0 saturated carbocycles. The van der Waals surface area contributed by atoms with Crippen molar-refractivity contribution < 1.29 is 28.6 Å². The van der Waals surface area contributed by atoms with Gasteiger partial charge >= 0.3 is 5.97 Å². The van der Waals surface area contributed by atoms with Crippen LogP contribution in [0.4, 0.5) is 0 Å². The van der Waals surface area contributed by atoms with Gasteiger partial charge in [-0.05, 0) is 41.3 Å². The lowest BCUT2D eigenvalue weighted by Gasteiger charge is -2.38. The fourth-order valence-electron chi connectivity index (χ4n) is 4.88. The van der Waals surface area contributed by atoms with Gasteiger partial charge in [0.2, 0.25) is 0 Å². The van der Waals surface area contributed by atoms with Gasteiger partial charge in [-0.2, -0.15) is 0 Å². The number of methoxy groups -OCH3 is 2. The number of halogens is 1. The molecule has 1 aliphatic heterocycles. The summed E-state index contributed by atoms with van der Waals surface area (Å²) in [5, 5.41) is 3.66. The highest BCUT2D eigenvalue weighted by Crippen LogP contribution is 2.41. The highest BCUT2D eigenvalue weighted by molar-refractivity contribution is 7.21. The zero-order chi connectivity index (χ0) is 28.2. The molecule has 1 N–H and O–H groups in total. The van der Waals surface area contributed by atoms with E-state index in [1.54, 1.807) is 19.1 Å². The van der Waals surface area contributed by atoms with E-state index in [1.807, 2.05) is 66.7 Å². The van der Waals surface area contributed by atoms with E-state index in [0.717, 1.165) is 26.8 Å². The molecule has 206 valence electrons. The first-order chi connectivity index (χ1) is 19.4. The number of fused-ring (bicyclic) bond motifs is 2. The van der Waals surface area contributed by atoms with Gasteiger partial charge in [0, 0.05) is 16.6 Å². The minimum Gasteiger partial charge on any atom is -0.493 e. The van der Waals surface area contributed by atoms with Crippen LogP contribution < -0.4 is 14.8 Å². The van der Waals surface area contributed by atoms with Gasteiger partial charge in [0.25, 0.3) is 11.8 Å². The molecule has 3 aromatic carbocycles. The van der Waals surface area contributed by atoms with Crippen LogP contribution in [0.2, 0.25) is 5.02 Å². The molecule has 2 amide bonds. The van der Waals surface area contributed by atoms with Crippen molar-refractivity contribution in [1.82, 2.24) is 10.2 Å². The summed E-state index contributed by atoms with van der Waals surface area (Å²) < 4.78 is 17.1. The number of benzene rings is 3. The number of hydrogen-bond donors (Lipinski definition) is 1. The van der Waals surface area contributed by atoms with Gasteiger partial charge in [-0.25, -0.2) is 0 Å². The van der Waals surface area contributed by atoms with Crippen molar-refractivity contribution in [3.05, 3.63) is 93.3 Å². The Kier molecular flexibility index (Phi) is 8.23. The van der Waals surface area contributed by atoms with Crippen molar-refractivity contribution in [2.45, 2.75) is 12.5 Å². The van der Waals surface area contributed by atoms with E-state index in [-0.39, 0.29) is 5.91 Å². The van der Waals surface area contributed by atoms with Crippen LogP contribution in [-0.2, 0) is 20.7 Å². The van der Waals surface area contributed by atoms with Crippen molar-refractivity contribution in [3.8, 4) is 11.5 Å². The Morgan fingerprint density at radius 1 is 1.00 bits per heavy atom. The maximum Gasteiger partial charge on any atom is 0.325 e. The number of hydrogen-bond acceptors (Lipinski definition) is 7. The third-order valence-corrected chi connectivity index (χ3v) is 8.47. The van der Waals surface area contributed by atoms with Gasteiger partial charge in [0.1, 0.15) is 11.4 Å². The zero-order valence-corrected chi connectivity index (χ0v) is 23.5. The van der Waals surface area contributed by atoms with Crippen LogP contribution in [0.3, 0.4) is 0 Å². The van der Waals surface area contributed by atoms with Crippen LogP contribution in [0.15, 0.2) is 66.7 Å². The second-order valence-corrected chi connectivity index (χ2v) is 10.6. The summed E-state index contributed by atoms with van der Waals surface area (Å²) in [6, 6.07) is 20.5. The van der Waals surface area contributed by atoms with Crippen LogP contribution in [0.1, 0.15) is 32.4 Å². The molecule has 0 saturated heterocycles. The Bertz CT molecular complexity index is 1570. The Hall–Kier alpha value is -4.08. The lowest BCUT2D eigenvalue weighted by molar-refractivity contribution is -0.152. The molecule has 4 aromatic rings. The number of carbonyl (C=O) groups is 3. The number of ether oxygens (including phenoxy) is 3. The molecule has 40 heavy (non-hydrogen) atoms. The van der Waals surface area contributed by atoms with Crippen LogP contribution in [0.25, 0.3) is 10.1 Å². The number of nitrogens with zero attached hydrogens (tertiary/aromatic N) is 1. The molecule has 1 aromatic heterocycles. The lowest BCUT2D eigenvalue weighted by Crippen LogP contribution is -2.43. The van der Waals surface area contributed by atoms with Gasteiger partial charge in [0.15, 0.2) is 18.1 Å². The average molecular weight is 579 g/mol. The smallest absolute Gasteiger partial charge is 0.325 e. The molecule has 0 aliphatic carbocycles. The van der Waals surface area contributed by atoms with E-state index >= 15 is 0 Å². The molecule has 1 aliphatic rings. The predicted molar refractivity (Wildman–Crippen MR) is 153 cm³/mol. The molecule has 1 atom stereocenters. The molecule has 0 bridgehead atoms. The summed E-state index contributed by atoms with van der Waals surface area (Å²) in [5.74, 6) is -0.353. The molecule has 0 spiro atoms. The number of thiophene rings is 1. The molecule has 0 radical (unpaired) electrons. The summed E-state index contributed by atoms with van der Waals surface area (Å²) in [4.78, 5) is 40.5. The maximum atomic E-state index is 13.4. The summed E-state index contributed by atoms with van der Waals surface area (Å²) in [5.41, 5.74) is 2.89. The maximum absolute atomic E-state index is 13.4. The summed E-state index contributed by atoms with van der Waals surface area (Å²) in [6.45, 7) is -0.414. The van der Waals surface area contributed by atoms with E-state index in [4.69, 9.17) is 25.8 Å². The first kappa shape index (κ1) is 27.5. The second-order valence-electron chi connectivity index (χ2n) is 9.14. The van der Waals surface area contributed by atoms with Crippen LogP contribution in [0, 0.1) is 0 Å². The Morgan fingerprint density at radius 3 is 2.42 bits per heavy atom. The summed E-state index contributed by atoms with van der Waals surface area (Å²) in [7, 11) is 3.16. The number of esters is 1. The van der Waals surface area contributed by atoms with E-state index in [0.29, 0.717) is 34.4 Å². The second kappa shape index (κ2) is 12.0. The van der Waals surface area contributed by atoms with E-state index in [9.17, 15) is 14.4 Å². The minimum atomic E-state index is -0.723. The Labute approximate surface area is 240 Å². The molecular weight excluding hydrogens is 552 g/mol. The van der Waals surface area contributed by atoms with E-state index in [2.05, 4.69) is 5.32 Å². The number of amides is 2. The van der Waals surface area contributed by atoms with Crippen molar-refractivity contribution in [2.24, 2.45) is 0 Å². The topological polar surface area (TPSA) is 94.2 Å². The van der Waals surface area contributed by atoms with Crippen molar-refractivity contribution in [2.75, 3.05) is 33.9 Å². The van der Waals surface area contributed by atoms with Crippen LogP contribution in [0.5, 0.6) is 11.5 Å². The molecule has 0 fully saturated rings. The van der Waals surface area contributed by atoms with Crippen LogP contribution in [-0.4, -0.2) is 56.6 Å². The largest absolute Gasteiger partial charge is 0.493 e. The molecular formula is C30H27ClN2O6S. The molecule has 2 heterocycles. The highest BCUT2D eigenvalue weighted by Gasteiger charge is 2.33. The van der Waals surface area contributed by atoms with Crippen molar-refractivity contribution >= 4 is 50.8 Å².